The zero-order valence-corrected chi connectivity index (χ0v) is 56.9. The number of nitrogens with one attached hydrogen (secondary N) is 1. The summed E-state index contributed by atoms with van der Waals surface area (Å²) in [6.45, 7) is 11.2. The zero-order valence-electron chi connectivity index (χ0n) is 56.9. The highest BCUT2D eigenvalue weighted by Gasteiger charge is 2.58. The summed E-state index contributed by atoms with van der Waals surface area (Å²) in [5, 5.41) is 86.0. The predicted molar refractivity (Wildman–Crippen MR) is 354 cm³/mol. The average Bonchev–Trinajstić information content (AvgIpc) is 1.03. The number of phenols is 4. The summed E-state index contributed by atoms with van der Waals surface area (Å²) in [6, 6.07) is 8.87. The first-order valence-electron chi connectivity index (χ1n) is 33.9. The normalized spacial score (nSPS) is 31.9. The van der Waals surface area contributed by atoms with Crippen LogP contribution in [0.2, 0.25) is 0 Å². The molecule has 16 atom stereocenters. The second-order valence-electron chi connectivity index (χ2n) is 28.1. The molecule has 4 aliphatic carbocycles. The third-order valence-corrected chi connectivity index (χ3v) is 21.7. The molecule has 4 aromatic rings. The number of hydrogen-bond acceptors (Lipinski definition) is 26. The van der Waals surface area contributed by atoms with Gasteiger partial charge in [0.1, 0.15) is 70.4 Å². The van der Waals surface area contributed by atoms with Crippen LogP contribution >= 0.6 is 0 Å². The number of rotatable bonds is 14. The summed E-state index contributed by atoms with van der Waals surface area (Å²) in [5.41, 5.74) is -3.69. The molecule has 0 spiro atoms. The molecule has 1 amide bonds. The van der Waals surface area contributed by atoms with E-state index in [0.717, 1.165) is 38.8 Å². The molecule has 6 saturated heterocycles. The van der Waals surface area contributed by atoms with E-state index >= 15 is 0 Å². The maximum absolute atomic E-state index is 14.1. The van der Waals surface area contributed by atoms with Crippen molar-refractivity contribution in [2.24, 2.45) is 16.9 Å². The number of amides is 1. The van der Waals surface area contributed by atoms with E-state index in [0.29, 0.717) is 12.8 Å². The number of carbonyl (C=O) groups is 6. The lowest BCUT2D eigenvalue weighted by molar-refractivity contribution is -0.248. The zero-order chi connectivity index (χ0) is 70.7. The second kappa shape index (κ2) is 27.8. The lowest BCUT2D eigenvalue weighted by Gasteiger charge is -2.44. The molecule has 0 saturated carbocycles. The van der Waals surface area contributed by atoms with Crippen molar-refractivity contribution < 1.29 is 112 Å². The first kappa shape index (κ1) is 72.4. The van der Waals surface area contributed by atoms with Crippen molar-refractivity contribution in [1.82, 2.24) is 15.2 Å². The first-order chi connectivity index (χ1) is 47.2. The quantitative estimate of drug-likeness (QED) is 0.0358. The molecule has 6 aliphatic heterocycles. The molecule has 8 N–H and O–H groups in total. The number of Topliss-reactive ketones (excluding diaryl/α,β-unsaturated/α-hetero) is 1. The Labute approximate surface area is 578 Å². The minimum absolute atomic E-state index is 0. The van der Waals surface area contributed by atoms with Crippen LogP contribution in [0.4, 0.5) is 0 Å². The van der Waals surface area contributed by atoms with Crippen LogP contribution in [-0.4, -0.2) is 219 Å². The molecule has 540 valence electrons. The van der Waals surface area contributed by atoms with Gasteiger partial charge in [0, 0.05) is 123 Å². The van der Waals surface area contributed by atoms with Gasteiger partial charge in [0.05, 0.1) is 96.5 Å². The number of benzene rings is 4. The maximum Gasteiger partial charge on any atom is 0.242 e. The van der Waals surface area contributed by atoms with Gasteiger partial charge < -0.3 is 83.1 Å². The fourth-order valence-electron chi connectivity index (χ4n) is 16.9. The molecular formula is C73H90N4O23. The predicted octanol–water partition coefficient (Wildman–Crippen LogP) is 5.89. The van der Waals surface area contributed by atoms with Gasteiger partial charge in [-0.3, -0.25) is 38.6 Å². The van der Waals surface area contributed by atoms with Gasteiger partial charge in [-0.1, -0.05) is 59.4 Å². The fraction of sp³-hybridized carbons (Fsp3) is 0.575. The van der Waals surface area contributed by atoms with Gasteiger partial charge >= 0.3 is 0 Å². The van der Waals surface area contributed by atoms with Crippen LogP contribution in [0.3, 0.4) is 0 Å². The highest BCUT2D eigenvalue weighted by Crippen LogP contribution is 2.56. The summed E-state index contributed by atoms with van der Waals surface area (Å²) in [4.78, 5) is 86.2. The Morgan fingerprint density at radius 3 is 1.42 bits per heavy atom. The number of ketones is 5. The van der Waals surface area contributed by atoms with Crippen LogP contribution in [0.15, 0.2) is 41.5 Å². The summed E-state index contributed by atoms with van der Waals surface area (Å²) in [5.74, 6) is -6.87. The average molecular weight is 1390 g/mol. The number of aliphatic hydroxyl groups excluding tert-OH is 1. The Balaban J connectivity index is 0.000000189. The van der Waals surface area contributed by atoms with Gasteiger partial charge in [0.2, 0.25) is 17.5 Å². The van der Waals surface area contributed by atoms with E-state index in [9.17, 15) is 64.5 Å². The number of methoxy groups -OCH3 is 4. The summed E-state index contributed by atoms with van der Waals surface area (Å²) in [7, 11) is 6.07. The molecule has 6 fully saturated rings. The topological polar surface area (TPSA) is 367 Å². The minimum Gasteiger partial charge on any atom is -0.507 e. The number of fused-ring (bicyclic) bond motifs is 12. The number of nitrogens with zero attached hydrogens (tertiary/aromatic N) is 3. The standard InChI is InChI=1S/C37H45N3O12.C35H41NO11.CH4/c1-16(2)35(46)39-38-24(15-41)37(47)13-19-27(33(45)29-28(31(19)43)30(42)18-8-6-9-21(48-4)26(18)32(29)44)23(14-37)51-25-12-20-34(17(3)50-25)52-36-22(49-5)10-7-11-40(20)36;1-15(2)33(41)35(42)13-18-25(31(40)27-26(29(18)38)28(37)17-8-6-9-20(43-4)24(17)30(27)39)22(14-35)46-23-12-19-32(16(3)45-23)47-34-21(44-5)10-7-11-36(19)34;/h6,8-9,16-17,20,22-23,25,34,36,41,43,45,47H,7,10-15H2,1-5H3,(H,39,46);6,8-9,15-16,19,21-23,32,34,38,40,42H,7,10-14H2,1-5H3;1H4/b38-24+;;/t17-,20-,22-,23-,25-,34+,36+,37-;16-,19-,21-,22-,23-,32+,34+,35-;/m00./s1. The van der Waals surface area contributed by atoms with Crippen LogP contribution in [0.5, 0.6) is 34.5 Å². The highest BCUT2D eigenvalue weighted by atomic mass is 16.7. The van der Waals surface area contributed by atoms with E-state index in [4.69, 9.17) is 47.4 Å². The van der Waals surface area contributed by atoms with E-state index in [2.05, 4.69) is 20.3 Å². The fourth-order valence-corrected chi connectivity index (χ4v) is 16.9. The number of piperidine rings is 2. The molecule has 0 unspecified atom stereocenters. The van der Waals surface area contributed by atoms with Crippen molar-refractivity contribution in [2.75, 3.05) is 48.1 Å². The minimum atomic E-state index is -2.05. The van der Waals surface area contributed by atoms with Crippen LogP contribution < -0.4 is 14.9 Å². The number of hydrogen-bond donors (Lipinski definition) is 8. The van der Waals surface area contributed by atoms with Crippen molar-refractivity contribution in [1.29, 1.82) is 0 Å². The highest BCUT2D eigenvalue weighted by molar-refractivity contribution is 6.32. The third-order valence-electron chi connectivity index (χ3n) is 21.7. The molecule has 0 bridgehead atoms. The monoisotopic (exact) mass is 1390 g/mol. The lowest BCUT2D eigenvalue weighted by Crippen LogP contribution is -2.54. The van der Waals surface area contributed by atoms with Gasteiger partial charge in [0.25, 0.3) is 0 Å². The summed E-state index contributed by atoms with van der Waals surface area (Å²) >= 11 is 0. The number of ether oxygens (including phenoxy) is 10. The summed E-state index contributed by atoms with van der Waals surface area (Å²) < 4.78 is 60.9. The number of aliphatic hydroxyl groups is 3. The van der Waals surface area contributed by atoms with Gasteiger partial charge in [-0.15, -0.1) is 0 Å². The van der Waals surface area contributed by atoms with Gasteiger partial charge in [-0.2, -0.15) is 5.10 Å². The molecular weight excluding hydrogens is 1300 g/mol. The Morgan fingerprint density at radius 2 is 1.02 bits per heavy atom. The first-order valence-corrected chi connectivity index (χ1v) is 33.9. The van der Waals surface area contributed by atoms with Gasteiger partial charge in [-0.05, 0) is 51.7 Å². The number of phenolic OH excluding ortho intramolecular Hbond substituents is 4. The van der Waals surface area contributed by atoms with E-state index in [-0.39, 0.29) is 155 Å². The van der Waals surface area contributed by atoms with E-state index in [1.54, 1.807) is 48.0 Å². The van der Waals surface area contributed by atoms with E-state index in [1.807, 2.05) is 13.8 Å². The van der Waals surface area contributed by atoms with Crippen molar-refractivity contribution >= 4 is 40.5 Å². The van der Waals surface area contributed by atoms with Crippen LogP contribution in [0, 0.1) is 11.8 Å². The van der Waals surface area contributed by atoms with Crippen LogP contribution in [0.1, 0.15) is 198 Å². The molecule has 100 heavy (non-hydrogen) atoms. The smallest absolute Gasteiger partial charge is 0.242 e. The van der Waals surface area contributed by atoms with Gasteiger partial charge in [0.15, 0.2) is 29.9 Å². The lowest BCUT2D eigenvalue weighted by atomic mass is 9.70. The maximum atomic E-state index is 14.1. The molecule has 4 aromatic carbocycles. The van der Waals surface area contributed by atoms with Crippen molar-refractivity contribution in [3.63, 3.8) is 0 Å². The van der Waals surface area contributed by atoms with Crippen molar-refractivity contribution in [2.45, 2.75) is 210 Å². The van der Waals surface area contributed by atoms with Crippen molar-refractivity contribution in [3.8, 4) is 34.5 Å². The SMILES string of the molecule is C.COc1cccc2c1C(=O)c1c(O)c3c(c(O)c1C2=O)C[C@@](O)(/C(CO)=N/NC(=O)C(C)C)C[C@@H]3O[C@H]1C[C@H]2[C@H](O[C@@H]3[C@@H](OC)CCCN32)[C@H](C)O1.COc1cccc2c1C(=O)c1c(O)c3c(c(O)c1C2=O)C[C@@](O)(C(=O)C(C)C)C[C@@H]3O[C@H]1C[C@H]2[C@H](O[C@@H]3[C@@H](OC)CCCN32)[C@H](C)O1. The molecule has 10 aliphatic rings. The third kappa shape index (κ3) is 11.9. The Morgan fingerprint density at radius 1 is 0.600 bits per heavy atom. The van der Waals surface area contributed by atoms with E-state index < -0.39 is 136 Å². The van der Waals surface area contributed by atoms with Crippen LogP contribution in [0.25, 0.3) is 0 Å². The van der Waals surface area contributed by atoms with Crippen LogP contribution in [-0.2, 0) is 60.3 Å². The van der Waals surface area contributed by atoms with E-state index in [1.165, 1.54) is 44.6 Å². The molecule has 27 nitrogen and oxygen atoms in total. The number of hydrazone groups is 1. The number of carbonyl (C=O) groups excluding carboxylic acids is 6. The Kier molecular flexibility index (Phi) is 20.1. The number of aromatic hydroxyl groups is 4. The Hall–Kier alpha value is -7.35. The molecule has 6 heterocycles. The molecule has 0 aromatic heterocycles. The largest absolute Gasteiger partial charge is 0.507 e. The van der Waals surface area contributed by atoms with Crippen molar-refractivity contribution in [3.05, 3.63) is 103 Å². The second-order valence-corrected chi connectivity index (χ2v) is 28.1. The molecule has 0 radical (unpaired) electrons. The molecule has 27 heteroatoms. The Bertz CT molecular complexity index is 3990. The summed E-state index contributed by atoms with van der Waals surface area (Å²) in [6.07, 6.45) is -3.21. The van der Waals surface area contributed by atoms with Gasteiger partial charge in [-0.25, -0.2) is 5.43 Å². The molecule has 14 rings (SSSR count).